The molecule has 2 atom stereocenters. The molecule has 0 unspecified atom stereocenters. The van der Waals surface area contributed by atoms with Crippen LogP contribution >= 0.6 is 0 Å². The average Bonchev–Trinajstić information content (AvgIpc) is 3.02. The second kappa shape index (κ2) is 19.5. The molecule has 13 heteroatoms. The quantitative estimate of drug-likeness (QED) is 0.147. The summed E-state index contributed by atoms with van der Waals surface area (Å²) in [5, 5.41) is 9.89. The van der Waals surface area contributed by atoms with Gasteiger partial charge in [-0.05, 0) is 50.7 Å². The Morgan fingerprint density at radius 1 is 0.681 bits per heavy atom. The molecule has 0 spiro atoms. The Morgan fingerprint density at radius 2 is 1.13 bits per heavy atom. The lowest BCUT2D eigenvalue weighted by Gasteiger charge is -2.21. The van der Waals surface area contributed by atoms with Crippen molar-refractivity contribution in [2.45, 2.75) is 84.8 Å². The molecule has 0 aliphatic heterocycles. The number of amides is 4. The summed E-state index contributed by atoms with van der Waals surface area (Å²) >= 11 is 0. The molecule has 0 saturated carbocycles. The number of alkyl carbamates (subject to hydrolysis) is 2. The number of carbonyl (C=O) groups excluding carboxylic acids is 6. The highest BCUT2D eigenvalue weighted by Gasteiger charge is 2.26. The minimum absolute atomic E-state index is 0.0270. The molecule has 4 N–H and O–H groups in total. The topological polar surface area (TPSA) is 178 Å². The first-order chi connectivity index (χ1) is 22.2. The molecular weight excluding hydrogens is 608 g/mol. The lowest BCUT2D eigenvalue weighted by atomic mass is 10.0. The molecule has 2 rings (SSSR count). The number of hydrogen-bond acceptors (Lipinski definition) is 9. The van der Waals surface area contributed by atoms with E-state index in [0.29, 0.717) is 6.42 Å². The van der Waals surface area contributed by atoms with Crippen molar-refractivity contribution in [3.8, 4) is 0 Å². The van der Waals surface area contributed by atoms with E-state index in [2.05, 4.69) is 21.3 Å². The maximum absolute atomic E-state index is 13.0. The van der Waals surface area contributed by atoms with Crippen molar-refractivity contribution in [2.75, 3.05) is 13.1 Å². The van der Waals surface area contributed by atoms with Gasteiger partial charge in [-0.15, -0.1) is 0 Å². The summed E-state index contributed by atoms with van der Waals surface area (Å²) in [6.07, 6.45) is -1.67. The van der Waals surface area contributed by atoms with Gasteiger partial charge < -0.3 is 35.5 Å². The van der Waals surface area contributed by atoms with Crippen LogP contribution in [0.15, 0.2) is 60.7 Å². The zero-order chi connectivity index (χ0) is 34.8. The van der Waals surface area contributed by atoms with Gasteiger partial charge in [0.2, 0.25) is 11.8 Å². The van der Waals surface area contributed by atoms with E-state index >= 15 is 0 Å². The summed E-state index contributed by atoms with van der Waals surface area (Å²) in [6.45, 7) is 7.97. The highest BCUT2D eigenvalue weighted by Crippen LogP contribution is 2.11. The highest BCUT2D eigenvalue weighted by molar-refractivity contribution is 5.93. The molecule has 0 saturated heterocycles. The molecule has 2 aromatic rings. The van der Waals surface area contributed by atoms with Crippen LogP contribution in [0.2, 0.25) is 0 Å². The van der Waals surface area contributed by atoms with Crippen molar-refractivity contribution in [2.24, 2.45) is 5.92 Å². The lowest BCUT2D eigenvalue weighted by Crippen LogP contribution is -2.50. The van der Waals surface area contributed by atoms with Crippen LogP contribution in [0.4, 0.5) is 9.59 Å². The van der Waals surface area contributed by atoms with E-state index in [9.17, 15) is 28.8 Å². The first kappa shape index (κ1) is 38.2. The third-order valence-electron chi connectivity index (χ3n) is 6.33. The van der Waals surface area contributed by atoms with Crippen molar-refractivity contribution >= 4 is 35.8 Å². The summed E-state index contributed by atoms with van der Waals surface area (Å²) in [5.41, 5.74) is 0.784. The molecule has 0 bridgehead atoms. The first-order valence-electron chi connectivity index (χ1n) is 15.4. The van der Waals surface area contributed by atoms with E-state index < -0.39 is 66.5 Å². The molecule has 256 valence electrons. The number of ketones is 1. The van der Waals surface area contributed by atoms with E-state index in [0.717, 1.165) is 11.1 Å². The third kappa shape index (κ3) is 16.8. The fourth-order valence-electron chi connectivity index (χ4n) is 4.12. The second-order valence-corrected chi connectivity index (χ2v) is 12.2. The van der Waals surface area contributed by atoms with Gasteiger partial charge in [0.25, 0.3) is 0 Å². The second-order valence-electron chi connectivity index (χ2n) is 12.2. The number of ether oxygens (including phenoxy) is 3. The van der Waals surface area contributed by atoms with Crippen molar-refractivity contribution < 1.29 is 43.0 Å². The molecule has 0 aliphatic carbocycles. The molecule has 0 radical (unpaired) electrons. The van der Waals surface area contributed by atoms with E-state index in [1.54, 1.807) is 57.2 Å². The zero-order valence-electron chi connectivity index (χ0n) is 27.6. The zero-order valence-corrected chi connectivity index (χ0v) is 27.6. The monoisotopic (exact) mass is 654 g/mol. The van der Waals surface area contributed by atoms with Gasteiger partial charge in [-0.25, -0.2) is 9.59 Å². The molecule has 0 aromatic heterocycles. The Balaban J connectivity index is 1.90. The summed E-state index contributed by atoms with van der Waals surface area (Å²) < 4.78 is 15.7. The van der Waals surface area contributed by atoms with Gasteiger partial charge in [0.1, 0.15) is 30.9 Å². The number of Topliss-reactive ketones (excluding diaryl/α,β-unsaturated/α-hetero) is 1. The number of nitrogens with one attached hydrogen (secondary N) is 4. The Kier molecular flexibility index (Phi) is 15.9. The molecule has 4 amide bonds. The minimum atomic E-state index is -1.21. The van der Waals surface area contributed by atoms with Crippen molar-refractivity contribution in [1.82, 2.24) is 21.3 Å². The Labute approximate surface area is 275 Å². The van der Waals surface area contributed by atoms with Gasteiger partial charge in [-0.2, -0.15) is 0 Å². The molecule has 13 nitrogen and oxygen atoms in total. The van der Waals surface area contributed by atoms with Gasteiger partial charge in [-0.1, -0.05) is 74.5 Å². The molecule has 2 aromatic carbocycles. The summed E-state index contributed by atoms with van der Waals surface area (Å²) in [4.78, 5) is 75.5. The highest BCUT2D eigenvalue weighted by atomic mass is 16.6. The Hall–Kier alpha value is -4.94. The number of carbonyl (C=O) groups is 6. The van der Waals surface area contributed by atoms with Crippen molar-refractivity contribution in [3.05, 3.63) is 71.8 Å². The normalized spacial score (nSPS) is 12.2. The summed E-state index contributed by atoms with van der Waals surface area (Å²) in [7, 11) is 0. The molecule has 0 fully saturated rings. The fraction of sp³-hybridized carbons (Fsp3) is 0.471. The fourth-order valence-corrected chi connectivity index (χ4v) is 4.12. The van der Waals surface area contributed by atoms with Crippen molar-refractivity contribution in [3.63, 3.8) is 0 Å². The molecular formula is C34H46N4O9. The largest absolute Gasteiger partial charge is 0.460 e. The van der Waals surface area contributed by atoms with Gasteiger partial charge in [-0.3, -0.25) is 19.2 Å². The van der Waals surface area contributed by atoms with Crippen LogP contribution in [0.1, 0.15) is 65.0 Å². The van der Waals surface area contributed by atoms with Crippen LogP contribution in [0.3, 0.4) is 0 Å². The number of hydrogen-bond donors (Lipinski definition) is 4. The molecule has 47 heavy (non-hydrogen) atoms. The smallest absolute Gasteiger partial charge is 0.408 e. The minimum Gasteiger partial charge on any atom is -0.460 e. The van der Waals surface area contributed by atoms with Crippen molar-refractivity contribution in [1.29, 1.82) is 0 Å². The van der Waals surface area contributed by atoms with Crippen LogP contribution in [-0.2, 0) is 46.6 Å². The maximum atomic E-state index is 13.0. The van der Waals surface area contributed by atoms with E-state index in [-0.39, 0.29) is 32.0 Å². The standard InChI is InChI=1S/C34H46N4O9/c1-23(2)18-28(38-33(44)46-22-25-14-10-7-11-15-25)31(42)36-20-26(39)19-35-30(41)27(16-17-29(40)47-34(3,4)5)37-32(43)45-21-24-12-8-6-9-13-24/h6-15,23,27-28H,16-22H2,1-5H3,(H,35,41)(H,36,42)(H,37,43)(H,38,44)/t27-,28-/m0/s1. The van der Waals surface area contributed by atoms with Crippen LogP contribution in [0.5, 0.6) is 0 Å². The van der Waals surface area contributed by atoms with Gasteiger partial charge in [0, 0.05) is 6.42 Å². The summed E-state index contributed by atoms with van der Waals surface area (Å²) in [6, 6.07) is 15.8. The first-order valence-corrected chi connectivity index (χ1v) is 15.4. The van der Waals surface area contributed by atoms with Gasteiger partial charge in [0.15, 0.2) is 5.78 Å². The SMILES string of the molecule is CC(C)C[C@H](NC(=O)OCc1ccccc1)C(=O)NCC(=O)CNC(=O)[C@H](CCC(=O)OC(C)(C)C)NC(=O)OCc1ccccc1. The molecule has 0 aliphatic rings. The predicted octanol–water partition coefficient (Wildman–Crippen LogP) is 3.55. The van der Waals surface area contributed by atoms with Crippen LogP contribution in [-0.4, -0.2) is 66.5 Å². The van der Waals surface area contributed by atoms with E-state index in [1.807, 2.05) is 38.1 Å². The number of esters is 1. The van der Waals surface area contributed by atoms with Crippen LogP contribution in [0, 0.1) is 5.92 Å². The average molecular weight is 655 g/mol. The van der Waals surface area contributed by atoms with Gasteiger partial charge in [0.05, 0.1) is 13.1 Å². The van der Waals surface area contributed by atoms with Gasteiger partial charge >= 0.3 is 18.2 Å². The number of rotatable bonds is 17. The Bertz CT molecular complexity index is 1330. The lowest BCUT2D eigenvalue weighted by molar-refractivity contribution is -0.155. The number of benzene rings is 2. The van der Waals surface area contributed by atoms with E-state index in [1.165, 1.54) is 0 Å². The van der Waals surface area contributed by atoms with Crippen LogP contribution < -0.4 is 21.3 Å². The summed E-state index contributed by atoms with van der Waals surface area (Å²) in [5.74, 6) is -2.39. The Morgan fingerprint density at radius 3 is 1.57 bits per heavy atom. The maximum Gasteiger partial charge on any atom is 0.408 e. The predicted molar refractivity (Wildman–Crippen MR) is 173 cm³/mol. The van der Waals surface area contributed by atoms with Crippen LogP contribution in [0.25, 0.3) is 0 Å². The third-order valence-corrected chi connectivity index (χ3v) is 6.33. The molecule has 0 heterocycles. The van der Waals surface area contributed by atoms with E-state index in [4.69, 9.17) is 14.2 Å².